The third-order valence-corrected chi connectivity index (χ3v) is 3.24. The summed E-state index contributed by atoms with van der Waals surface area (Å²) < 4.78 is 6.79. The van der Waals surface area contributed by atoms with E-state index in [0.29, 0.717) is 11.1 Å². The average Bonchev–Trinajstić information content (AvgIpc) is 3.04. The fraction of sp³-hybridized carbons (Fsp3) is 0.0625. The van der Waals surface area contributed by atoms with Gasteiger partial charge in [0.25, 0.3) is 5.91 Å². The van der Waals surface area contributed by atoms with Gasteiger partial charge < -0.3 is 8.98 Å². The molecule has 0 aliphatic rings. The highest BCUT2D eigenvalue weighted by Crippen LogP contribution is 2.10. The molecule has 1 amide bonds. The molecule has 2 aromatic heterocycles. The maximum absolute atomic E-state index is 12.4. The number of hydrogen-bond acceptors (Lipinski definition) is 4. The summed E-state index contributed by atoms with van der Waals surface area (Å²) in [7, 11) is 1.78. The van der Waals surface area contributed by atoms with E-state index in [2.05, 4.69) is 10.5 Å². The van der Waals surface area contributed by atoms with Crippen LogP contribution in [0.1, 0.15) is 16.1 Å². The molecule has 0 fully saturated rings. The van der Waals surface area contributed by atoms with Crippen LogP contribution in [0.15, 0.2) is 63.2 Å². The van der Waals surface area contributed by atoms with E-state index in [1.807, 2.05) is 12.1 Å². The number of para-hydroxylation sites is 1. The van der Waals surface area contributed by atoms with E-state index in [1.165, 1.54) is 18.7 Å². The highest BCUT2D eigenvalue weighted by molar-refractivity contribution is 5.97. The Hall–Kier alpha value is -3.15. The second-order valence-corrected chi connectivity index (χ2v) is 4.71. The number of pyridine rings is 1. The van der Waals surface area contributed by atoms with Crippen molar-refractivity contribution in [3.8, 4) is 0 Å². The van der Waals surface area contributed by atoms with Crippen molar-refractivity contribution < 1.29 is 9.21 Å². The van der Waals surface area contributed by atoms with Crippen LogP contribution < -0.4 is 10.9 Å². The van der Waals surface area contributed by atoms with Crippen LogP contribution in [0, 0.1) is 0 Å². The van der Waals surface area contributed by atoms with Crippen LogP contribution >= 0.6 is 0 Å². The summed E-state index contributed by atoms with van der Waals surface area (Å²) in [6.07, 6.45) is 4.37. The summed E-state index contributed by atoms with van der Waals surface area (Å²) in [6, 6.07) is 10.5. The Bertz CT molecular complexity index is 908. The first-order chi connectivity index (χ1) is 10.7. The zero-order valence-corrected chi connectivity index (χ0v) is 11.8. The summed E-state index contributed by atoms with van der Waals surface area (Å²) in [5, 5.41) is 4.27. The number of aryl methyl sites for hydroxylation is 1. The summed E-state index contributed by atoms with van der Waals surface area (Å²) in [4.78, 5) is 24.5. The number of hydrazone groups is 1. The number of aromatic nitrogens is 1. The van der Waals surface area contributed by atoms with Crippen molar-refractivity contribution in [2.24, 2.45) is 12.1 Å². The number of rotatable bonds is 3. The molecule has 0 atom stereocenters. The van der Waals surface area contributed by atoms with Gasteiger partial charge >= 0.3 is 0 Å². The number of amides is 1. The standard InChI is InChI=1S/C16H13N3O3/c1-19-10-13(15(20)12-6-2-3-7-14(12)19)16(21)18-17-9-11-5-4-8-22-11/h2-10H,1H3,(H,18,21)/b17-9+. The van der Waals surface area contributed by atoms with Crippen LogP contribution in [0.3, 0.4) is 0 Å². The third-order valence-electron chi connectivity index (χ3n) is 3.24. The van der Waals surface area contributed by atoms with Gasteiger partial charge in [-0.2, -0.15) is 5.10 Å². The predicted molar refractivity (Wildman–Crippen MR) is 83.0 cm³/mol. The zero-order chi connectivity index (χ0) is 15.5. The van der Waals surface area contributed by atoms with Crippen LogP contribution in [0.4, 0.5) is 0 Å². The lowest BCUT2D eigenvalue weighted by molar-refractivity contribution is 0.0953. The molecule has 0 radical (unpaired) electrons. The van der Waals surface area contributed by atoms with E-state index in [1.54, 1.807) is 35.9 Å². The van der Waals surface area contributed by atoms with Gasteiger partial charge in [-0.05, 0) is 24.3 Å². The van der Waals surface area contributed by atoms with Crippen LogP contribution in [0.5, 0.6) is 0 Å². The van der Waals surface area contributed by atoms with Gasteiger partial charge in [0.1, 0.15) is 11.3 Å². The molecule has 0 spiro atoms. The van der Waals surface area contributed by atoms with Crippen LogP contribution in [-0.2, 0) is 7.05 Å². The Morgan fingerprint density at radius 1 is 1.27 bits per heavy atom. The first-order valence-corrected chi connectivity index (χ1v) is 6.62. The fourth-order valence-electron chi connectivity index (χ4n) is 2.18. The minimum absolute atomic E-state index is 0.0396. The van der Waals surface area contributed by atoms with E-state index in [4.69, 9.17) is 4.42 Å². The predicted octanol–water partition coefficient (Wildman–Crippen LogP) is 1.90. The monoisotopic (exact) mass is 295 g/mol. The van der Waals surface area contributed by atoms with E-state index in [-0.39, 0.29) is 11.0 Å². The third kappa shape index (κ3) is 2.54. The van der Waals surface area contributed by atoms with E-state index in [9.17, 15) is 9.59 Å². The topological polar surface area (TPSA) is 76.6 Å². The van der Waals surface area contributed by atoms with Gasteiger partial charge in [0, 0.05) is 18.6 Å². The van der Waals surface area contributed by atoms with Gasteiger partial charge in [-0.3, -0.25) is 9.59 Å². The molecule has 0 unspecified atom stereocenters. The van der Waals surface area contributed by atoms with Crippen molar-refractivity contribution in [1.82, 2.24) is 9.99 Å². The van der Waals surface area contributed by atoms with Gasteiger partial charge in [-0.15, -0.1) is 0 Å². The molecule has 3 rings (SSSR count). The first-order valence-electron chi connectivity index (χ1n) is 6.62. The lowest BCUT2D eigenvalue weighted by Gasteiger charge is -2.07. The molecule has 110 valence electrons. The Kier molecular flexibility index (Phi) is 3.57. The number of nitrogens with zero attached hydrogens (tertiary/aromatic N) is 2. The quantitative estimate of drug-likeness (QED) is 0.592. The second-order valence-electron chi connectivity index (χ2n) is 4.71. The van der Waals surface area contributed by atoms with Crippen molar-refractivity contribution >= 4 is 23.0 Å². The molecule has 0 aliphatic heterocycles. The summed E-state index contributed by atoms with van der Waals surface area (Å²) >= 11 is 0. The minimum Gasteiger partial charge on any atom is -0.463 e. The second kappa shape index (κ2) is 5.69. The van der Waals surface area contributed by atoms with Crippen molar-refractivity contribution in [2.45, 2.75) is 0 Å². The highest BCUT2D eigenvalue weighted by Gasteiger charge is 2.13. The molecule has 0 saturated heterocycles. The van der Waals surface area contributed by atoms with Crippen molar-refractivity contribution in [3.63, 3.8) is 0 Å². The number of carbonyl (C=O) groups excluding carboxylic acids is 1. The summed E-state index contributed by atoms with van der Waals surface area (Å²) in [6.45, 7) is 0. The number of benzene rings is 1. The van der Waals surface area contributed by atoms with Crippen molar-refractivity contribution in [1.29, 1.82) is 0 Å². The van der Waals surface area contributed by atoms with Crippen molar-refractivity contribution in [3.05, 3.63) is 70.4 Å². The molecular formula is C16H13N3O3. The molecule has 2 heterocycles. The highest BCUT2D eigenvalue weighted by atomic mass is 16.3. The fourth-order valence-corrected chi connectivity index (χ4v) is 2.18. The van der Waals surface area contributed by atoms with E-state index >= 15 is 0 Å². The molecule has 0 saturated carbocycles. The van der Waals surface area contributed by atoms with E-state index < -0.39 is 5.91 Å². The molecule has 1 N–H and O–H groups in total. The average molecular weight is 295 g/mol. The summed E-state index contributed by atoms with van der Waals surface area (Å²) in [5.74, 6) is -0.0547. The SMILES string of the molecule is Cn1cc(C(=O)N/N=C/c2ccco2)c(=O)c2ccccc21. The minimum atomic E-state index is -0.561. The van der Waals surface area contributed by atoms with Gasteiger partial charge in [0.2, 0.25) is 5.43 Å². The molecule has 0 bridgehead atoms. The number of fused-ring (bicyclic) bond motifs is 1. The van der Waals surface area contributed by atoms with Gasteiger partial charge in [0.15, 0.2) is 0 Å². The van der Waals surface area contributed by atoms with Crippen LogP contribution in [-0.4, -0.2) is 16.7 Å². The van der Waals surface area contributed by atoms with Crippen LogP contribution in [0.2, 0.25) is 0 Å². The first kappa shape index (κ1) is 13.8. The summed E-state index contributed by atoms with van der Waals surface area (Å²) in [5.41, 5.74) is 2.81. The molecule has 0 aliphatic carbocycles. The maximum Gasteiger partial charge on any atom is 0.276 e. The van der Waals surface area contributed by atoms with Gasteiger partial charge in [-0.1, -0.05) is 12.1 Å². The molecule has 6 nitrogen and oxygen atoms in total. The zero-order valence-electron chi connectivity index (χ0n) is 11.8. The molecule has 3 aromatic rings. The largest absolute Gasteiger partial charge is 0.463 e. The maximum atomic E-state index is 12.4. The Labute approximate surface area is 125 Å². The Morgan fingerprint density at radius 3 is 2.86 bits per heavy atom. The molecule has 1 aromatic carbocycles. The van der Waals surface area contributed by atoms with Gasteiger partial charge in [-0.25, -0.2) is 5.43 Å². The molecule has 6 heteroatoms. The van der Waals surface area contributed by atoms with Crippen molar-refractivity contribution in [2.75, 3.05) is 0 Å². The lowest BCUT2D eigenvalue weighted by atomic mass is 10.1. The number of hydrogen-bond donors (Lipinski definition) is 1. The smallest absolute Gasteiger partial charge is 0.276 e. The Balaban J connectivity index is 1.91. The van der Waals surface area contributed by atoms with E-state index in [0.717, 1.165) is 5.52 Å². The molecular weight excluding hydrogens is 282 g/mol. The van der Waals surface area contributed by atoms with Crippen LogP contribution in [0.25, 0.3) is 10.9 Å². The Morgan fingerprint density at radius 2 is 2.09 bits per heavy atom. The normalized spacial score (nSPS) is 11.1. The lowest BCUT2D eigenvalue weighted by Crippen LogP contribution is -2.26. The number of nitrogens with one attached hydrogen (secondary N) is 1. The van der Waals surface area contributed by atoms with Gasteiger partial charge in [0.05, 0.1) is 18.0 Å². The number of carbonyl (C=O) groups is 1. The molecule has 22 heavy (non-hydrogen) atoms. The number of furan rings is 1.